The summed E-state index contributed by atoms with van der Waals surface area (Å²) in [6.07, 6.45) is 0.519. The minimum Gasteiger partial charge on any atom is -0.366 e. The van der Waals surface area contributed by atoms with Crippen molar-refractivity contribution in [3.63, 3.8) is 0 Å². The van der Waals surface area contributed by atoms with Gasteiger partial charge in [-0.2, -0.15) is 0 Å². The van der Waals surface area contributed by atoms with Crippen LogP contribution in [0.5, 0.6) is 0 Å². The van der Waals surface area contributed by atoms with Crippen LogP contribution < -0.4 is 10.6 Å². The summed E-state index contributed by atoms with van der Waals surface area (Å²) < 4.78 is 5.54. The summed E-state index contributed by atoms with van der Waals surface area (Å²) in [6, 6.07) is 7.76. The molecule has 0 bridgehead atoms. The lowest BCUT2D eigenvalue weighted by atomic mass is 9.98. The molecule has 3 rings (SSSR count). The molecule has 1 fully saturated rings. The van der Waals surface area contributed by atoms with E-state index in [0.717, 1.165) is 29.8 Å². The van der Waals surface area contributed by atoms with Gasteiger partial charge in [-0.25, -0.2) is 4.98 Å². The number of carbonyl (C=O) groups is 1. The first-order valence-corrected chi connectivity index (χ1v) is 8.26. The van der Waals surface area contributed by atoms with Crippen LogP contribution in [0, 0.1) is 5.92 Å². The molecular weight excluding hydrogens is 292 g/mol. The molecule has 0 spiro atoms. The van der Waals surface area contributed by atoms with Crippen molar-refractivity contribution in [2.45, 2.75) is 32.4 Å². The first-order chi connectivity index (χ1) is 11.2. The number of hydrogen-bond donors (Lipinski definition) is 3. The van der Waals surface area contributed by atoms with Crippen LogP contribution in [-0.4, -0.2) is 41.7 Å². The second-order valence-corrected chi connectivity index (χ2v) is 6.07. The average Bonchev–Trinajstić information content (AvgIpc) is 3.03. The highest BCUT2D eigenvalue weighted by atomic mass is 16.5. The zero-order valence-corrected chi connectivity index (χ0v) is 13.6. The molecule has 0 radical (unpaired) electrons. The minimum absolute atomic E-state index is 0.0806. The number of hydrogen-bond acceptors (Lipinski definition) is 4. The highest BCUT2D eigenvalue weighted by Crippen LogP contribution is 2.24. The molecule has 0 aliphatic carbocycles. The van der Waals surface area contributed by atoms with Crippen LogP contribution in [0.4, 0.5) is 0 Å². The number of H-pyrrole nitrogens is 1. The number of rotatable bonds is 5. The lowest BCUT2D eigenvalue weighted by Gasteiger charge is -2.27. The fraction of sp³-hybridized carbons (Fsp3) is 0.529. The molecule has 3 atom stereocenters. The SMILES string of the molecule is CCC(C)C(NC(=O)C1CNCCO1)c1nc2ccccc2[nH]1. The molecule has 6 heteroatoms. The average molecular weight is 316 g/mol. The number of ether oxygens (including phenoxy) is 1. The van der Waals surface area contributed by atoms with Crippen molar-refractivity contribution in [3.05, 3.63) is 30.1 Å². The Morgan fingerprint density at radius 3 is 3.00 bits per heavy atom. The van der Waals surface area contributed by atoms with E-state index in [1.807, 2.05) is 24.3 Å². The fourth-order valence-electron chi connectivity index (χ4n) is 2.82. The zero-order chi connectivity index (χ0) is 16.2. The summed E-state index contributed by atoms with van der Waals surface area (Å²) in [7, 11) is 0. The fourth-order valence-corrected chi connectivity index (χ4v) is 2.82. The Morgan fingerprint density at radius 1 is 1.48 bits per heavy atom. The number of morpholine rings is 1. The van der Waals surface area contributed by atoms with Crippen LogP contribution >= 0.6 is 0 Å². The first-order valence-electron chi connectivity index (χ1n) is 8.26. The van der Waals surface area contributed by atoms with Gasteiger partial charge >= 0.3 is 0 Å². The van der Waals surface area contributed by atoms with E-state index in [0.29, 0.717) is 13.2 Å². The Morgan fingerprint density at radius 2 is 2.30 bits per heavy atom. The topological polar surface area (TPSA) is 79.0 Å². The number of nitrogens with one attached hydrogen (secondary N) is 3. The highest BCUT2D eigenvalue weighted by Gasteiger charge is 2.28. The molecule has 124 valence electrons. The van der Waals surface area contributed by atoms with Gasteiger partial charge in [-0.15, -0.1) is 0 Å². The molecule has 3 N–H and O–H groups in total. The minimum atomic E-state index is -0.431. The van der Waals surface area contributed by atoms with Crippen molar-refractivity contribution in [2.24, 2.45) is 5.92 Å². The maximum Gasteiger partial charge on any atom is 0.251 e. The van der Waals surface area contributed by atoms with Crippen LogP contribution in [0.25, 0.3) is 11.0 Å². The number of aromatic nitrogens is 2. The molecule has 1 aromatic carbocycles. The van der Waals surface area contributed by atoms with Gasteiger partial charge in [-0.05, 0) is 18.1 Å². The van der Waals surface area contributed by atoms with Crippen molar-refractivity contribution in [1.82, 2.24) is 20.6 Å². The number of para-hydroxylation sites is 2. The van der Waals surface area contributed by atoms with Gasteiger partial charge in [0.1, 0.15) is 11.9 Å². The van der Waals surface area contributed by atoms with E-state index in [1.165, 1.54) is 0 Å². The second-order valence-electron chi connectivity index (χ2n) is 6.07. The Kier molecular flexibility index (Phi) is 4.93. The quantitative estimate of drug-likeness (QED) is 0.785. The Labute approximate surface area is 136 Å². The van der Waals surface area contributed by atoms with E-state index in [4.69, 9.17) is 4.74 Å². The normalized spacial score (nSPS) is 21.0. The Balaban J connectivity index is 1.81. The third-order valence-corrected chi connectivity index (χ3v) is 4.43. The number of nitrogens with zero attached hydrogens (tertiary/aromatic N) is 1. The van der Waals surface area contributed by atoms with Crippen LogP contribution in [0.15, 0.2) is 24.3 Å². The second kappa shape index (κ2) is 7.10. The molecule has 23 heavy (non-hydrogen) atoms. The van der Waals surface area contributed by atoms with Gasteiger partial charge in [0.25, 0.3) is 5.91 Å². The molecule has 1 aliphatic rings. The van der Waals surface area contributed by atoms with Gasteiger partial charge in [-0.3, -0.25) is 4.79 Å². The molecule has 6 nitrogen and oxygen atoms in total. The predicted octanol–water partition coefficient (Wildman–Crippen LogP) is 1.75. The molecule has 0 saturated carbocycles. The smallest absolute Gasteiger partial charge is 0.251 e. The van der Waals surface area contributed by atoms with E-state index >= 15 is 0 Å². The van der Waals surface area contributed by atoms with E-state index in [2.05, 4.69) is 34.4 Å². The Bertz CT molecular complexity index is 630. The van der Waals surface area contributed by atoms with Gasteiger partial charge in [0, 0.05) is 13.1 Å². The number of fused-ring (bicyclic) bond motifs is 1. The largest absolute Gasteiger partial charge is 0.366 e. The number of benzene rings is 1. The number of aromatic amines is 1. The molecule has 1 aliphatic heterocycles. The van der Waals surface area contributed by atoms with Crippen LogP contribution in [0.2, 0.25) is 0 Å². The molecule has 3 unspecified atom stereocenters. The summed E-state index contributed by atoms with van der Waals surface area (Å²) in [4.78, 5) is 20.5. The predicted molar refractivity (Wildman–Crippen MR) is 89.0 cm³/mol. The van der Waals surface area contributed by atoms with E-state index in [-0.39, 0.29) is 17.9 Å². The van der Waals surface area contributed by atoms with Crippen molar-refractivity contribution in [2.75, 3.05) is 19.7 Å². The third-order valence-electron chi connectivity index (χ3n) is 4.43. The Hall–Kier alpha value is -1.92. The van der Waals surface area contributed by atoms with E-state index in [1.54, 1.807) is 0 Å². The standard InChI is InChI=1S/C17H24N4O2/c1-3-11(2)15(21-17(22)14-10-18-8-9-23-14)16-19-12-6-4-5-7-13(12)20-16/h4-7,11,14-15,18H,3,8-10H2,1-2H3,(H,19,20)(H,21,22). The van der Waals surface area contributed by atoms with Crippen molar-refractivity contribution in [1.29, 1.82) is 0 Å². The monoisotopic (exact) mass is 316 g/mol. The number of amides is 1. The van der Waals surface area contributed by atoms with Crippen molar-refractivity contribution in [3.8, 4) is 0 Å². The lowest BCUT2D eigenvalue weighted by Crippen LogP contribution is -2.49. The van der Waals surface area contributed by atoms with Gasteiger partial charge in [0.15, 0.2) is 0 Å². The van der Waals surface area contributed by atoms with Crippen LogP contribution in [0.1, 0.15) is 32.1 Å². The summed E-state index contributed by atoms with van der Waals surface area (Å²) in [6.45, 7) is 6.15. The maximum absolute atomic E-state index is 12.5. The molecule has 1 aromatic heterocycles. The van der Waals surface area contributed by atoms with E-state index in [9.17, 15) is 4.79 Å². The lowest BCUT2D eigenvalue weighted by molar-refractivity contribution is -0.135. The molecular formula is C17H24N4O2. The first kappa shape index (κ1) is 16.0. The van der Waals surface area contributed by atoms with Crippen LogP contribution in [0.3, 0.4) is 0 Å². The molecule has 2 heterocycles. The number of carbonyl (C=O) groups excluding carboxylic acids is 1. The van der Waals surface area contributed by atoms with Crippen molar-refractivity contribution >= 4 is 16.9 Å². The van der Waals surface area contributed by atoms with Gasteiger partial charge < -0.3 is 20.4 Å². The van der Waals surface area contributed by atoms with Crippen LogP contribution in [-0.2, 0) is 9.53 Å². The van der Waals surface area contributed by atoms with Crippen molar-refractivity contribution < 1.29 is 9.53 Å². The third kappa shape index (κ3) is 3.54. The summed E-state index contributed by atoms with van der Waals surface area (Å²) in [5, 5.41) is 6.30. The maximum atomic E-state index is 12.5. The number of imidazole rings is 1. The summed E-state index contributed by atoms with van der Waals surface area (Å²) in [5.41, 5.74) is 1.90. The van der Waals surface area contributed by atoms with Gasteiger partial charge in [-0.1, -0.05) is 32.4 Å². The van der Waals surface area contributed by atoms with Gasteiger partial charge in [0.2, 0.25) is 0 Å². The summed E-state index contributed by atoms with van der Waals surface area (Å²) >= 11 is 0. The molecule has 2 aromatic rings. The molecule has 1 amide bonds. The molecule has 1 saturated heterocycles. The highest BCUT2D eigenvalue weighted by molar-refractivity contribution is 5.82. The summed E-state index contributed by atoms with van der Waals surface area (Å²) in [5.74, 6) is 0.997. The van der Waals surface area contributed by atoms with E-state index < -0.39 is 6.10 Å². The van der Waals surface area contributed by atoms with Gasteiger partial charge in [0.05, 0.1) is 23.7 Å². The zero-order valence-electron chi connectivity index (χ0n) is 13.6.